The predicted octanol–water partition coefficient (Wildman–Crippen LogP) is -1.74. The Labute approximate surface area is 181 Å². The molecule has 0 aromatic carbocycles. The molecule has 2 heterocycles. The molecule has 31 heavy (non-hydrogen) atoms. The second kappa shape index (κ2) is 8.94. The minimum absolute atomic E-state index is 0.225. The zero-order valence-corrected chi connectivity index (χ0v) is 17.8. The molecular weight excluding hydrogens is 412 g/mol. The Morgan fingerprint density at radius 1 is 0.935 bits per heavy atom. The Morgan fingerprint density at radius 3 is 2.32 bits per heavy atom. The van der Waals surface area contributed by atoms with Crippen molar-refractivity contribution in [3.05, 3.63) is 11.6 Å². The van der Waals surface area contributed by atoms with Gasteiger partial charge in [0.2, 0.25) is 0 Å². The Hall–Kier alpha value is -0.660. The van der Waals surface area contributed by atoms with E-state index < -0.39 is 55.3 Å². The molecule has 0 aromatic rings. The third kappa shape index (κ3) is 4.31. The summed E-state index contributed by atoms with van der Waals surface area (Å²) >= 11 is 0. The molecular formula is C21H34O10. The average molecular weight is 446 g/mol. The standard InChI is InChI=1S/C21H34O10/c1-21(2)10-4-3-9(11(21)5-10)6-28-20-18(27)16(25)15(24)13(31-20)8-30-19-17(26)14(23)12(22)7-29-19/h3,10-20,22-27H,4-8H2,1-2H3/t10-,11-,12-,13+,14-,15+,16-,17+,18+,19-,20+/m0/s1. The second-order valence-corrected chi connectivity index (χ2v) is 9.73. The average Bonchev–Trinajstić information content (AvgIpc) is 2.75. The molecule has 0 aromatic heterocycles. The summed E-state index contributed by atoms with van der Waals surface area (Å²) in [5.74, 6) is 1.11. The smallest absolute Gasteiger partial charge is 0.187 e. The molecule has 1 saturated carbocycles. The summed E-state index contributed by atoms with van der Waals surface area (Å²) < 4.78 is 22.0. The molecule has 10 nitrogen and oxygen atoms in total. The van der Waals surface area contributed by atoms with Gasteiger partial charge in [-0.3, -0.25) is 0 Å². The van der Waals surface area contributed by atoms with E-state index in [4.69, 9.17) is 18.9 Å². The first-order chi connectivity index (χ1) is 14.6. The quantitative estimate of drug-likeness (QED) is 0.259. The number of hydrogen-bond donors (Lipinski definition) is 6. The van der Waals surface area contributed by atoms with E-state index in [1.165, 1.54) is 0 Å². The zero-order valence-electron chi connectivity index (χ0n) is 17.8. The van der Waals surface area contributed by atoms with Crippen LogP contribution in [-0.2, 0) is 18.9 Å². The number of hydrogen-bond acceptors (Lipinski definition) is 10. The van der Waals surface area contributed by atoms with Crippen LogP contribution >= 0.6 is 0 Å². The molecule has 178 valence electrons. The molecule has 5 aliphatic rings. The topological polar surface area (TPSA) is 158 Å². The summed E-state index contributed by atoms with van der Waals surface area (Å²) in [5.41, 5.74) is 1.38. The highest BCUT2D eigenvalue weighted by Gasteiger charge is 2.52. The summed E-state index contributed by atoms with van der Waals surface area (Å²) in [6, 6.07) is 0. The predicted molar refractivity (Wildman–Crippen MR) is 104 cm³/mol. The fourth-order valence-corrected chi connectivity index (χ4v) is 5.13. The van der Waals surface area contributed by atoms with Crippen molar-refractivity contribution in [3.63, 3.8) is 0 Å². The van der Waals surface area contributed by atoms with Crippen LogP contribution in [0.25, 0.3) is 0 Å². The first kappa shape index (κ1) is 23.5. The van der Waals surface area contributed by atoms with Crippen LogP contribution in [-0.4, -0.2) is 106 Å². The van der Waals surface area contributed by atoms with E-state index in [1.807, 2.05) is 0 Å². The molecule has 0 unspecified atom stereocenters. The normalized spacial score (nSPS) is 49.3. The summed E-state index contributed by atoms with van der Waals surface area (Å²) in [6.45, 7) is 4.23. The van der Waals surface area contributed by atoms with Crippen LogP contribution in [0.4, 0.5) is 0 Å². The van der Waals surface area contributed by atoms with Crippen molar-refractivity contribution in [2.75, 3.05) is 19.8 Å². The van der Waals surface area contributed by atoms with Gasteiger partial charge in [-0.1, -0.05) is 19.9 Å². The Morgan fingerprint density at radius 2 is 1.65 bits per heavy atom. The lowest BCUT2D eigenvalue weighted by Crippen LogP contribution is -2.60. The van der Waals surface area contributed by atoms with Crippen LogP contribution < -0.4 is 0 Å². The number of allylic oxidation sites excluding steroid dienone is 1. The van der Waals surface area contributed by atoms with Crippen LogP contribution in [0.2, 0.25) is 0 Å². The highest BCUT2D eigenvalue weighted by molar-refractivity contribution is 5.23. The lowest BCUT2D eigenvalue weighted by atomic mass is 9.49. The minimum Gasteiger partial charge on any atom is -0.388 e. The fraction of sp³-hybridized carbons (Fsp3) is 0.905. The van der Waals surface area contributed by atoms with Crippen LogP contribution in [0.5, 0.6) is 0 Å². The number of aliphatic hydroxyl groups is 6. The van der Waals surface area contributed by atoms with Crippen LogP contribution in [0.1, 0.15) is 26.7 Å². The van der Waals surface area contributed by atoms with E-state index in [1.54, 1.807) is 0 Å². The van der Waals surface area contributed by atoms with E-state index in [0.29, 0.717) is 11.8 Å². The van der Waals surface area contributed by atoms with Crippen molar-refractivity contribution >= 4 is 0 Å². The van der Waals surface area contributed by atoms with Gasteiger partial charge in [-0.05, 0) is 35.7 Å². The maximum absolute atomic E-state index is 10.3. The van der Waals surface area contributed by atoms with Gasteiger partial charge in [0.25, 0.3) is 0 Å². The summed E-state index contributed by atoms with van der Waals surface area (Å²) in [4.78, 5) is 0. The van der Waals surface area contributed by atoms with Gasteiger partial charge in [0, 0.05) is 0 Å². The molecule has 10 heteroatoms. The van der Waals surface area contributed by atoms with Crippen molar-refractivity contribution in [2.45, 2.75) is 82.0 Å². The van der Waals surface area contributed by atoms with Gasteiger partial charge in [-0.25, -0.2) is 0 Å². The van der Waals surface area contributed by atoms with Gasteiger partial charge in [0.15, 0.2) is 12.6 Å². The maximum Gasteiger partial charge on any atom is 0.187 e. The molecule has 3 aliphatic carbocycles. The molecule has 0 amide bonds. The molecule has 0 spiro atoms. The third-order valence-corrected chi connectivity index (χ3v) is 7.54. The Bertz CT molecular complexity index is 669. The van der Waals surface area contributed by atoms with Crippen molar-refractivity contribution in [1.29, 1.82) is 0 Å². The fourth-order valence-electron chi connectivity index (χ4n) is 5.13. The van der Waals surface area contributed by atoms with Gasteiger partial charge < -0.3 is 49.6 Å². The van der Waals surface area contributed by atoms with Crippen molar-refractivity contribution in [2.24, 2.45) is 17.3 Å². The van der Waals surface area contributed by atoms with E-state index in [2.05, 4.69) is 19.9 Å². The second-order valence-electron chi connectivity index (χ2n) is 9.73. The van der Waals surface area contributed by atoms with E-state index >= 15 is 0 Å². The number of aliphatic hydroxyl groups excluding tert-OH is 6. The van der Waals surface area contributed by atoms with Gasteiger partial charge in [0.05, 0.1) is 19.8 Å². The molecule has 0 radical (unpaired) electrons. The van der Waals surface area contributed by atoms with E-state index in [-0.39, 0.29) is 25.2 Å². The summed E-state index contributed by atoms with van der Waals surface area (Å²) in [6.07, 6.45) is -7.72. The van der Waals surface area contributed by atoms with E-state index in [9.17, 15) is 30.6 Å². The first-order valence-corrected chi connectivity index (χ1v) is 10.9. The highest BCUT2D eigenvalue weighted by Crippen LogP contribution is 2.59. The molecule has 3 fully saturated rings. The lowest BCUT2D eigenvalue weighted by molar-refractivity contribution is -0.320. The number of fused-ring (bicyclic) bond motifs is 1. The van der Waals surface area contributed by atoms with Gasteiger partial charge >= 0.3 is 0 Å². The zero-order chi connectivity index (χ0) is 22.5. The van der Waals surface area contributed by atoms with Crippen molar-refractivity contribution in [1.82, 2.24) is 0 Å². The molecule has 5 rings (SSSR count). The van der Waals surface area contributed by atoms with E-state index in [0.717, 1.165) is 18.4 Å². The van der Waals surface area contributed by atoms with Crippen molar-refractivity contribution in [3.8, 4) is 0 Å². The third-order valence-electron chi connectivity index (χ3n) is 7.54. The highest BCUT2D eigenvalue weighted by atomic mass is 16.7. The SMILES string of the molecule is CC1(C)[C@H]2CC=C(CO[C@@H]3O[C@H](CO[C@@H]4OC[C@H](O)[C@H](O)[C@H]4O)[C@@H](O)[C@H](O)[C@H]3O)[C@@H]1C2. The van der Waals surface area contributed by atoms with Gasteiger partial charge in [0.1, 0.15) is 42.7 Å². The van der Waals surface area contributed by atoms with Gasteiger partial charge in [-0.15, -0.1) is 0 Å². The van der Waals surface area contributed by atoms with Crippen LogP contribution in [0.15, 0.2) is 11.6 Å². The van der Waals surface area contributed by atoms with Crippen LogP contribution in [0.3, 0.4) is 0 Å². The Balaban J connectivity index is 1.33. The number of rotatable bonds is 6. The molecule has 11 atom stereocenters. The summed E-state index contributed by atoms with van der Waals surface area (Å²) in [7, 11) is 0. The van der Waals surface area contributed by atoms with Gasteiger partial charge in [-0.2, -0.15) is 0 Å². The monoisotopic (exact) mass is 446 g/mol. The molecule has 2 bridgehead atoms. The maximum atomic E-state index is 10.3. The number of ether oxygens (including phenoxy) is 4. The summed E-state index contributed by atoms with van der Waals surface area (Å²) in [5, 5.41) is 60.0. The van der Waals surface area contributed by atoms with Crippen LogP contribution in [0, 0.1) is 17.3 Å². The molecule has 6 N–H and O–H groups in total. The molecule has 2 aliphatic heterocycles. The lowest BCUT2D eigenvalue weighted by Gasteiger charge is -2.56. The molecule has 2 saturated heterocycles. The minimum atomic E-state index is -1.51. The van der Waals surface area contributed by atoms with Crippen molar-refractivity contribution < 1.29 is 49.6 Å². The first-order valence-electron chi connectivity index (χ1n) is 10.9. The Kier molecular flexibility index (Phi) is 6.78. The largest absolute Gasteiger partial charge is 0.388 e.